The number of aliphatic imine (C=N–C) groups is 1. The number of carbonyl (C=O) groups excluding carboxylic acids is 1. The first-order valence-electron chi connectivity index (χ1n) is 9.95. The smallest absolute Gasteiger partial charge is 0.338 e. The Kier molecular flexibility index (Phi) is 6.68. The van der Waals surface area contributed by atoms with E-state index in [1.54, 1.807) is 18.2 Å². The summed E-state index contributed by atoms with van der Waals surface area (Å²) in [5.74, 6) is -2.68. The van der Waals surface area contributed by atoms with Crippen molar-refractivity contribution in [3.8, 4) is 16.9 Å². The molecule has 164 valence electrons. The predicted octanol–water partition coefficient (Wildman–Crippen LogP) is 4.83. The van der Waals surface area contributed by atoms with Gasteiger partial charge in [-0.15, -0.1) is 0 Å². The number of halogens is 1. The molecular weight excluding hydrogens is 411 g/mol. The Labute approximate surface area is 185 Å². The molecule has 0 bridgehead atoms. The number of amidine groups is 1. The highest BCUT2D eigenvalue weighted by molar-refractivity contribution is 6.09. The Balaban J connectivity index is 1.97. The summed E-state index contributed by atoms with van der Waals surface area (Å²) < 4.78 is 19.9. The average Bonchev–Trinajstić information content (AvgIpc) is 2.73. The van der Waals surface area contributed by atoms with E-state index in [-0.39, 0.29) is 23.1 Å². The van der Waals surface area contributed by atoms with Crippen LogP contribution >= 0.6 is 0 Å². The van der Waals surface area contributed by atoms with Crippen molar-refractivity contribution >= 4 is 17.7 Å². The van der Waals surface area contributed by atoms with Gasteiger partial charge in [0.1, 0.15) is 17.4 Å². The van der Waals surface area contributed by atoms with Crippen LogP contribution in [0.25, 0.3) is 11.1 Å². The van der Waals surface area contributed by atoms with Gasteiger partial charge in [0.05, 0.1) is 11.7 Å². The quantitative estimate of drug-likeness (QED) is 0.427. The molecule has 0 saturated heterocycles. The van der Waals surface area contributed by atoms with Gasteiger partial charge < -0.3 is 15.6 Å². The Bertz CT molecular complexity index is 1220. The molecule has 6 nitrogen and oxygen atoms in total. The van der Waals surface area contributed by atoms with Gasteiger partial charge in [-0.05, 0) is 62.2 Å². The maximum atomic E-state index is 13.9. The fourth-order valence-electron chi connectivity index (χ4n) is 3.19. The van der Waals surface area contributed by atoms with E-state index in [4.69, 9.17) is 15.6 Å². The SMILES string of the molecule is Cc1ccccc1-c1ccc(C(=O)N=C(N)c2ccc(C(=O)O)c(F)c2)cc1OC(C)C. The summed E-state index contributed by atoms with van der Waals surface area (Å²) in [5, 5.41) is 8.93. The Morgan fingerprint density at radius 1 is 1.00 bits per heavy atom. The second kappa shape index (κ2) is 9.43. The maximum Gasteiger partial charge on any atom is 0.338 e. The number of carboxylic acids is 1. The third kappa shape index (κ3) is 5.00. The molecule has 3 N–H and O–H groups in total. The number of nitrogens with zero attached hydrogens (tertiary/aromatic N) is 1. The highest BCUT2D eigenvalue weighted by Gasteiger charge is 2.16. The number of aryl methyl sites for hydroxylation is 1. The van der Waals surface area contributed by atoms with Crippen LogP contribution < -0.4 is 10.5 Å². The minimum absolute atomic E-state index is 0.107. The Morgan fingerprint density at radius 3 is 2.31 bits per heavy atom. The zero-order chi connectivity index (χ0) is 23.4. The minimum atomic E-state index is -1.40. The van der Waals surface area contributed by atoms with Gasteiger partial charge in [-0.3, -0.25) is 4.79 Å². The molecule has 32 heavy (non-hydrogen) atoms. The number of ether oxygens (including phenoxy) is 1. The van der Waals surface area contributed by atoms with Crippen molar-refractivity contribution in [1.82, 2.24) is 0 Å². The van der Waals surface area contributed by atoms with Crippen LogP contribution in [-0.2, 0) is 0 Å². The van der Waals surface area contributed by atoms with Gasteiger partial charge in [0.25, 0.3) is 5.91 Å². The lowest BCUT2D eigenvalue weighted by Gasteiger charge is -2.16. The number of rotatable bonds is 6. The zero-order valence-electron chi connectivity index (χ0n) is 17.9. The molecule has 0 saturated carbocycles. The predicted molar refractivity (Wildman–Crippen MR) is 121 cm³/mol. The molecule has 3 aromatic rings. The lowest BCUT2D eigenvalue weighted by molar-refractivity contribution is 0.0691. The Hall–Kier alpha value is -4.00. The van der Waals surface area contributed by atoms with Crippen molar-refractivity contribution in [2.75, 3.05) is 0 Å². The largest absolute Gasteiger partial charge is 0.490 e. The number of aromatic carboxylic acids is 1. The van der Waals surface area contributed by atoms with Crippen molar-refractivity contribution in [2.24, 2.45) is 10.7 Å². The van der Waals surface area contributed by atoms with E-state index in [2.05, 4.69) is 4.99 Å². The lowest BCUT2D eigenvalue weighted by atomic mass is 9.98. The van der Waals surface area contributed by atoms with Crippen molar-refractivity contribution in [1.29, 1.82) is 0 Å². The van der Waals surface area contributed by atoms with Gasteiger partial charge in [-0.2, -0.15) is 4.99 Å². The zero-order valence-corrected chi connectivity index (χ0v) is 17.9. The first kappa shape index (κ1) is 22.7. The van der Waals surface area contributed by atoms with Crippen LogP contribution in [-0.4, -0.2) is 28.9 Å². The van der Waals surface area contributed by atoms with Crippen LogP contribution in [0.4, 0.5) is 4.39 Å². The number of nitrogens with two attached hydrogens (primary N) is 1. The van der Waals surface area contributed by atoms with Crippen LogP contribution in [0.1, 0.15) is 45.7 Å². The van der Waals surface area contributed by atoms with Crippen LogP contribution in [0.15, 0.2) is 65.7 Å². The average molecular weight is 434 g/mol. The van der Waals surface area contributed by atoms with Crippen LogP contribution in [0.2, 0.25) is 0 Å². The molecular formula is C25H23FN2O4. The second-order valence-electron chi connectivity index (χ2n) is 7.49. The van der Waals surface area contributed by atoms with E-state index >= 15 is 0 Å². The standard InChI is InChI=1S/C25H23FN2O4/c1-14(2)32-22-13-17(9-10-19(22)18-7-5-4-6-15(18)3)24(29)28-23(27)16-8-11-20(25(30)31)21(26)12-16/h4-14H,1-3H3,(H,30,31)(H2,27,28,29). The van der Waals surface area contributed by atoms with Crippen molar-refractivity contribution in [2.45, 2.75) is 26.9 Å². The normalized spacial score (nSPS) is 11.5. The molecule has 0 aliphatic rings. The highest BCUT2D eigenvalue weighted by Crippen LogP contribution is 2.34. The van der Waals surface area contributed by atoms with Gasteiger partial charge in [0.15, 0.2) is 0 Å². The van der Waals surface area contributed by atoms with E-state index < -0.39 is 23.3 Å². The molecule has 0 radical (unpaired) electrons. The summed E-state index contributed by atoms with van der Waals surface area (Å²) in [6.45, 7) is 5.77. The number of hydrogen-bond acceptors (Lipinski definition) is 3. The molecule has 0 aliphatic carbocycles. The number of benzene rings is 3. The topological polar surface area (TPSA) is 102 Å². The lowest BCUT2D eigenvalue weighted by Crippen LogP contribution is -2.17. The van der Waals surface area contributed by atoms with E-state index in [1.165, 1.54) is 6.07 Å². The number of amides is 1. The number of hydrogen-bond donors (Lipinski definition) is 2. The number of carbonyl (C=O) groups is 2. The van der Waals surface area contributed by atoms with E-state index in [1.807, 2.05) is 45.0 Å². The van der Waals surface area contributed by atoms with Crippen LogP contribution in [0.5, 0.6) is 5.75 Å². The van der Waals surface area contributed by atoms with Crippen molar-refractivity contribution in [3.05, 3.63) is 88.7 Å². The number of carboxylic acid groups (broad SMARTS) is 1. The summed E-state index contributed by atoms with van der Waals surface area (Å²) in [7, 11) is 0. The third-order valence-electron chi connectivity index (χ3n) is 4.74. The molecule has 3 aromatic carbocycles. The second-order valence-corrected chi connectivity index (χ2v) is 7.49. The third-order valence-corrected chi connectivity index (χ3v) is 4.74. The molecule has 0 aliphatic heterocycles. The van der Waals surface area contributed by atoms with Gasteiger partial charge in [0.2, 0.25) is 0 Å². The van der Waals surface area contributed by atoms with Gasteiger partial charge in [0, 0.05) is 16.7 Å². The monoisotopic (exact) mass is 434 g/mol. The van der Waals surface area contributed by atoms with E-state index in [9.17, 15) is 14.0 Å². The first-order valence-corrected chi connectivity index (χ1v) is 9.95. The van der Waals surface area contributed by atoms with Crippen LogP contribution in [0, 0.1) is 12.7 Å². The molecule has 0 atom stereocenters. The molecule has 3 rings (SSSR count). The van der Waals surface area contributed by atoms with Gasteiger partial charge >= 0.3 is 5.97 Å². The summed E-state index contributed by atoms with van der Waals surface area (Å²) in [6.07, 6.45) is -0.118. The molecule has 0 unspecified atom stereocenters. The summed E-state index contributed by atoms with van der Waals surface area (Å²) >= 11 is 0. The van der Waals surface area contributed by atoms with Gasteiger partial charge in [-0.1, -0.05) is 30.3 Å². The van der Waals surface area contributed by atoms with Gasteiger partial charge in [-0.25, -0.2) is 9.18 Å². The Morgan fingerprint density at radius 2 is 1.69 bits per heavy atom. The molecule has 0 fully saturated rings. The minimum Gasteiger partial charge on any atom is -0.490 e. The summed E-state index contributed by atoms with van der Waals surface area (Å²) in [5.41, 5.74) is 8.64. The highest BCUT2D eigenvalue weighted by atomic mass is 19.1. The fraction of sp³-hybridized carbons (Fsp3) is 0.160. The summed E-state index contributed by atoms with van der Waals surface area (Å²) in [6, 6.07) is 16.2. The first-order chi connectivity index (χ1) is 15.2. The molecule has 1 amide bonds. The molecule has 7 heteroatoms. The molecule has 0 aromatic heterocycles. The van der Waals surface area contributed by atoms with Crippen molar-refractivity contribution < 1.29 is 23.8 Å². The van der Waals surface area contributed by atoms with Crippen LogP contribution in [0.3, 0.4) is 0 Å². The van der Waals surface area contributed by atoms with Crippen molar-refractivity contribution in [3.63, 3.8) is 0 Å². The van der Waals surface area contributed by atoms with E-state index in [0.717, 1.165) is 28.8 Å². The molecule has 0 heterocycles. The summed E-state index contributed by atoms with van der Waals surface area (Å²) in [4.78, 5) is 27.5. The van der Waals surface area contributed by atoms with E-state index in [0.29, 0.717) is 5.75 Å². The molecule has 0 spiro atoms. The fourth-order valence-corrected chi connectivity index (χ4v) is 3.19. The maximum absolute atomic E-state index is 13.9.